The summed E-state index contributed by atoms with van der Waals surface area (Å²) in [5, 5.41) is 3.29. The van der Waals surface area contributed by atoms with Crippen LogP contribution in [0.1, 0.15) is 54.9 Å². The summed E-state index contributed by atoms with van der Waals surface area (Å²) in [7, 11) is 2.05. The van der Waals surface area contributed by atoms with Gasteiger partial charge in [-0.05, 0) is 51.6 Å². The van der Waals surface area contributed by atoms with Gasteiger partial charge in [0.25, 0.3) is 0 Å². The van der Waals surface area contributed by atoms with E-state index in [2.05, 4.69) is 58.7 Å². The SMILES string of the molecule is CC[C@H](C)N(CC(C)CNC)C(C)C(C)C(C)C. The van der Waals surface area contributed by atoms with Crippen LogP contribution in [0.2, 0.25) is 0 Å². The lowest BCUT2D eigenvalue weighted by molar-refractivity contribution is 0.0803. The number of hydrogen-bond donors (Lipinski definition) is 1. The molecule has 3 unspecified atom stereocenters. The van der Waals surface area contributed by atoms with Gasteiger partial charge in [0.1, 0.15) is 0 Å². The predicted molar refractivity (Wildman–Crippen MR) is 83.0 cm³/mol. The highest BCUT2D eigenvalue weighted by molar-refractivity contribution is 4.80. The molecule has 0 fully saturated rings. The maximum absolute atomic E-state index is 3.29. The van der Waals surface area contributed by atoms with E-state index >= 15 is 0 Å². The Morgan fingerprint density at radius 2 is 1.56 bits per heavy atom. The predicted octanol–water partition coefficient (Wildman–Crippen LogP) is 3.62. The highest BCUT2D eigenvalue weighted by atomic mass is 15.2. The molecule has 0 aliphatic rings. The van der Waals surface area contributed by atoms with Crippen molar-refractivity contribution in [3.63, 3.8) is 0 Å². The molecule has 0 amide bonds. The molecule has 0 aromatic heterocycles. The van der Waals surface area contributed by atoms with Gasteiger partial charge >= 0.3 is 0 Å². The van der Waals surface area contributed by atoms with E-state index in [1.54, 1.807) is 0 Å². The van der Waals surface area contributed by atoms with Crippen LogP contribution in [0.5, 0.6) is 0 Å². The van der Waals surface area contributed by atoms with E-state index in [1.807, 2.05) is 7.05 Å². The summed E-state index contributed by atoms with van der Waals surface area (Å²) in [6, 6.07) is 1.35. The Morgan fingerprint density at radius 1 is 1.00 bits per heavy atom. The minimum atomic E-state index is 0.666. The molecule has 1 N–H and O–H groups in total. The molecular weight excluding hydrogens is 220 g/mol. The summed E-state index contributed by atoms with van der Waals surface area (Å²) >= 11 is 0. The first-order valence-electron chi connectivity index (χ1n) is 7.75. The summed E-state index contributed by atoms with van der Waals surface area (Å²) in [4.78, 5) is 2.71. The van der Waals surface area contributed by atoms with Crippen LogP contribution < -0.4 is 5.32 Å². The van der Waals surface area contributed by atoms with Crippen molar-refractivity contribution in [2.45, 2.75) is 67.0 Å². The summed E-state index contributed by atoms with van der Waals surface area (Å²) in [6.07, 6.45) is 1.24. The van der Waals surface area contributed by atoms with Gasteiger partial charge in [-0.3, -0.25) is 4.90 Å². The van der Waals surface area contributed by atoms with E-state index in [4.69, 9.17) is 0 Å². The third kappa shape index (κ3) is 5.71. The minimum Gasteiger partial charge on any atom is -0.319 e. The van der Waals surface area contributed by atoms with Crippen LogP contribution >= 0.6 is 0 Å². The zero-order valence-electron chi connectivity index (χ0n) is 14.0. The molecule has 2 nitrogen and oxygen atoms in total. The molecule has 0 aromatic rings. The van der Waals surface area contributed by atoms with Crippen molar-refractivity contribution in [1.29, 1.82) is 0 Å². The van der Waals surface area contributed by atoms with Crippen molar-refractivity contribution in [2.75, 3.05) is 20.1 Å². The summed E-state index contributed by atoms with van der Waals surface area (Å²) < 4.78 is 0. The largest absolute Gasteiger partial charge is 0.319 e. The van der Waals surface area contributed by atoms with Gasteiger partial charge in [-0.25, -0.2) is 0 Å². The van der Waals surface area contributed by atoms with Gasteiger partial charge in [0.2, 0.25) is 0 Å². The van der Waals surface area contributed by atoms with Gasteiger partial charge in [-0.2, -0.15) is 0 Å². The molecule has 0 spiro atoms. The zero-order chi connectivity index (χ0) is 14.3. The Balaban J connectivity index is 4.66. The van der Waals surface area contributed by atoms with Crippen LogP contribution in [0.25, 0.3) is 0 Å². The lowest BCUT2D eigenvalue weighted by Gasteiger charge is -2.40. The Labute approximate surface area is 116 Å². The third-order valence-corrected chi connectivity index (χ3v) is 4.57. The van der Waals surface area contributed by atoms with Crippen molar-refractivity contribution in [1.82, 2.24) is 10.2 Å². The second kappa shape index (κ2) is 8.92. The Kier molecular flexibility index (Phi) is 8.89. The molecule has 0 radical (unpaired) electrons. The van der Waals surface area contributed by atoms with Crippen molar-refractivity contribution in [2.24, 2.45) is 17.8 Å². The van der Waals surface area contributed by atoms with Gasteiger partial charge in [0, 0.05) is 18.6 Å². The van der Waals surface area contributed by atoms with Crippen LogP contribution in [-0.2, 0) is 0 Å². The summed E-state index contributed by atoms with van der Waals surface area (Å²) in [5.41, 5.74) is 0. The van der Waals surface area contributed by atoms with Crippen LogP contribution in [0.15, 0.2) is 0 Å². The highest BCUT2D eigenvalue weighted by Crippen LogP contribution is 2.23. The van der Waals surface area contributed by atoms with E-state index in [9.17, 15) is 0 Å². The quantitative estimate of drug-likeness (QED) is 0.678. The van der Waals surface area contributed by atoms with E-state index in [0.717, 1.165) is 18.4 Å². The maximum Gasteiger partial charge on any atom is 0.00979 e. The Bertz CT molecular complexity index is 203. The van der Waals surface area contributed by atoms with Gasteiger partial charge in [0.15, 0.2) is 0 Å². The standard InChI is InChI=1S/C16H36N2/c1-9-14(5)18(11-13(4)10-17-8)16(7)15(6)12(2)3/h12-17H,9-11H2,1-8H3/t13?,14-,15?,16?/m0/s1. The molecule has 0 aromatic carbocycles. The average molecular weight is 256 g/mol. The average Bonchev–Trinajstić information content (AvgIpc) is 2.33. The molecule has 0 saturated heterocycles. The van der Waals surface area contributed by atoms with Gasteiger partial charge < -0.3 is 5.32 Å². The number of nitrogens with one attached hydrogen (secondary N) is 1. The van der Waals surface area contributed by atoms with E-state index in [0.29, 0.717) is 18.0 Å². The smallest absolute Gasteiger partial charge is 0.00979 e. The lowest BCUT2D eigenvalue weighted by atomic mass is 9.89. The molecule has 4 atom stereocenters. The minimum absolute atomic E-state index is 0.666. The third-order valence-electron chi connectivity index (χ3n) is 4.57. The lowest BCUT2D eigenvalue weighted by Crippen LogP contribution is -2.47. The van der Waals surface area contributed by atoms with Crippen molar-refractivity contribution in [3.05, 3.63) is 0 Å². The molecule has 0 saturated carbocycles. The van der Waals surface area contributed by atoms with Crippen LogP contribution in [0.4, 0.5) is 0 Å². The summed E-state index contributed by atoms with van der Waals surface area (Å²) in [5.74, 6) is 2.22. The monoisotopic (exact) mass is 256 g/mol. The fourth-order valence-electron chi connectivity index (χ4n) is 2.61. The zero-order valence-corrected chi connectivity index (χ0v) is 14.0. The molecule has 0 aliphatic heterocycles. The topological polar surface area (TPSA) is 15.3 Å². The molecule has 0 heterocycles. The van der Waals surface area contributed by atoms with Crippen molar-refractivity contribution >= 4 is 0 Å². The maximum atomic E-state index is 3.29. The molecule has 110 valence electrons. The second-order valence-electron chi connectivity index (χ2n) is 6.46. The first-order chi connectivity index (χ1) is 8.34. The number of nitrogens with zero attached hydrogens (tertiary/aromatic N) is 1. The molecule has 18 heavy (non-hydrogen) atoms. The molecule has 2 heteroatoms. The first kappa shape index (κ1) is 17.9. The first-order valence-corrected chi connectivity index (χ1v) is 7.75. The van der Waals surface area contributed by atoms with Crippen molar-refractivity contribution < 1.29 is 0 Å². The fraction of sp³-hybridized carbons (Fsp3) is 1.00. The van der Waals surface area contributed by atoms with E-state index in [-0.39, 0.29) is 0 Å². The Hall–Kier alpha value is -0.0800. The van der Waals surface area contributed by atoms with Crippen LogP contribution in [0, 0.1) is 17.8 Å². The molecule has 0 aliphatic carbocycles. The van der Waals surface area contributed by atoms with Gasteiger partial charge in [-0.1, -0.05) is 34.6 Å². The number of hydrogen-bond acceptors (Lipinski definition) is 2. The van der Waals surface area contributed by atoms with Crippen LogP contribution in [-0.4, -0.2) is 37.1 Å². The van der Waals surface area contributed by atoms with Crippen LogP contribution in [0.3, 0.4) is 0 Å². The normalized spacial score (nSPS) is 19.0. The fourth-order valence-corrected chi connectivity index (χ4v) is 2.61. The molecule has 0 bridgehead atoms. The van der Waals surface area contributed by atoms with E-state index < -0.39 is 0 Å². The Morgan fingerprint density at radius 3 is 1.94 bits per heavy atom. The summed E-state index contributed by atoms with van der Waals surface area (Å²) in [6.45, 7) is 18.8. The highest BCUT2D eigenvalue weighted by Gasteiger charge is 2.26. The second-order valence-corrected chi connectivity index (χ2v) is 6.46. The van der Waals surface area contributed by atoms with Gasteiger partial charge in [0.05, 0.1) is 0 Å². The van der Waals surface area contributed by atoms with E-state index in [1.165, 1.54) is 13.0 Å². The van der Waals surface area contributed by atoms with Gasteiger partial charge in [-0.15, -0.1) is 0 Å². The molecule has 0 rings (SSSR count). The number of rotatable bonds is 9. The van der Waals surface area contributed by atoms with Crippen molar-refractivity contribution in [3.8, 4) is 0 Å². The molecular formula is C16H36N2.